The second kappa shape index (κ2) is 10.7. The van der Waals surface area contributed by atoms with Crippen LogP contribution in [0.4, 0.5) is 5.95 Å². The van der Waals surface area contributed by atoms with Gasteiger partial charge in [-0.25, -0.2) is 4.68 Å². The molecule has 1 atom stereocenters. The minimum atomic E-state index is 0.257. The van der Waals surface area contributed by atoms with Crippen molar-refractivity contribution >= 4 is 18.2 Å². The molecule has 0 saturated carbocycles. The van der Waals surface area contributed by atoms with Crippen LogP contribution in [0.1, 0.15) is 45.1 Å². The average Bonchev–Trinajstić information content (AvgIpc) is 3.42. The number of nitrogens with zero attached hydrogens (tertiary/aromatic N) is 5. The van der Waals surface area contributed by atoms with E-state index in [0.717, 1.165) is 81.9 Å². The summed E-state index contributed by atoms with van der Waals surface area (Å²) in [6.45, 7) is 11.1. The summed E-state index contributed by atoms with van der Waals surface area (Å²) >= 11 is 5.94. The molecule has 31 heavy (non-hydrogen) atoms. The fraction of sp³-hybridized carbons (Fsp3) is 0.667. The second-order valence-corrected chi connectivity index (χ2v) is 9.45. The summed E-state index contributed by atoms with van der Waals surface area (Å²) < 4.78 is 11.0. The van der Waals surface area contributed by atoms with E-state index in [1.54, 1.807) is 0 Å². The fourth-order valence-corrected chi connectivity index (χ4v) is 4.82. The Morgan fingerprint density at radius 2 is 1.94 bits per heavy atom. The van der Waals surface area contributed by atoms with Crippen LogP contribution in [0.5, 0.6) is 0 Å². The Morgan fingerprint density at radius 1 is 1.16 bits per heavy atom. The number of rotatable bonds is 9. The molecule has 3 heterocycles. The van der Waals surface area contributed by atoms with E-state index in [4.69, 9.17) is 22.1 Å². The lowest BCUT2D eigenvalue weighted by Gasteiger charge is -2.31. The van der Waals surface area contributed by atoms with Crippen LogP contribution in [0.3, 0.4) is 0 Å². The molecule has 2 aliphatic rings. The van der Waals surface area contributed by atoms with Crippen molar-refractivity contribution in [3.8, 4) is 0 Å². The van der Waals surface area contributed by atoms with E-state index in [2.05, 4.69) is 58.5 Å². The van der Waals surface area contributed by atoms with Gasteiger partial charge in [0, 0.05) is 26.2 Å². The first kappa shape index (κ1) is 22.5. The fourth-order valence-electron chi connectivity index (χ4n) is 4.57. The first-order chi connectivity index (χ1) is 15.1. The molecule has 1 aromatic carbocycles. The van der Waals surface area contributed by atoms with Gasteiger partial charge in [0.15, 0.2) is 0 Å². The number of piperidine rings is 1. The van der Waals surface area contributed by atoms with Crippen molar-refractivity contribution in [3.05, 3.63) is 40.7 Å². The van der Waals surface area contributed by atoms with E-state index in [1.807, 2.05) is 4.68 Å². The largest absolute Gasteiger partial charge is 0.376 e. The molecule has 0 aliphatic carbocycles. The summed E-state index contributed by atoms with van der Waals surface area (Å²) in [6, 6.07) is 10.7. The molecular formula is C24H37N5OS. The van der Waals surface area contributed by atoms with Crippen LogP contribution in [0.2, 0.25) is 0 Å². The number of hydrogen-bond donors (Lipinski definition) is 0. The molecule has 0 bridgehead atoms. The summed E-state index contributed by atoms with van der Waals surface area (Å²) in [5.41, 5.74) is 1.37. The van der Waals surface area contributed by atoms with Crippen molar-refractivity contribution in [1.29, 1.82) is 0 Å². The summed E-state index contributed by atoms with van der Waals surface area (Å²) in [5, 5.41) is 5.05. The SMILES string of the molecule is CCN(CCc1ccccc1)Cn1nc(N2CCC(C)CC2)n(CC2CCCO2)c1=S. The predicted octanol–water partition coefficient (Wildman–Crippen LogP) is 4.35. The molecule has 0 spiro atoms. The van der Waals surface area contributed by atoms with Gasteiger partial charge < -0.3 is 9.64 Å². The van der Waals surface area contributed by atoms with Crippen LogP contribution >= 0.6 is 12.2 Å². The Labute approximate surface area is 191 Å². The molecule has 2 fully saturated rings. The second-order valence-electron chi connectivity index (χ2n) is 9.08. The van der Waals surface area contributed by atoms with Crippen LogP contribution < -0.4 is 4.90 Å². The van der Waals surface area contributed by atoms with Gasteiger partial charge in [-0.2, -0.15) is 0 Å². The molecule has 6 nitrogen and oxygen atoms in total. The molecule has 0 amide bonds. The molecule has 1 unspecified atom stereocenters. The highest BCUT2D eigenvalue weighted by Crippen LogP contribution is 2.24. The zero-order valence-corrected chi connectivity index (χ0v) is 19.9. The van der Waals surface area contributed by atoms with Crippen LogP contribution in [0.15, 0.2) is 30.3 Å². The van der Waals surface area contributed by atoms with Gasteiger partial charge in [0.2, 0.25) is 10.7 Å². The van der Waals surface area contributed by atoms with Gasteiger partial charge >= 0.3 is 0 Å². The number of benzene rings is 1. The zero-order valence-electron chi connectivity index (χ0n) is 19.1. The van der Waals surface area contributed by atoms with Gasteiger partial charge in [-0.3, -0.25) is 9.47 Å². The minimum absolute atomic E-state index is 0.257. The number of hydrogen-bond acceptors (Lipinski definition) is 5. The topological polar surface area (TPSA) is 38.5 Å². The van der Waals surface area contributed by atoms with Crippen molar-refractivity contribution < 1.29 is 4.74 Å². The smallest absolute Gasteiger partial charge is 0.226 e. The summed E-state index contributed by atoms with van der Waals surface area (Å²) in [4.78, 5) is 4.86. The lowest BCUT2D eigenvalue weighted by atomic mass is 10.00. The van der Waals surface area contributed by atoms with Gasteiger partial charge in [-0.15, -0.1) is 5.10 Å². The highest BCUT2D eigenvalue weighted by molar-refractivity contribution is 7.71. The zero-order chi connectivity index (χ0) is 21.6. The third-order valence-corrected chi connectivity index (χ3v) is 7.15. The Morgan fingerprint density at radius 3 is 2.61 bits per heavy atom. The maximum Gasteiger partial charge on any atom is 0.226 e. The normalized spacial score (nSPS) is 20.1. The summed E-state index contributed by atoms with van der Waals surface area (Å²) in [5.74, 6) is 1.83. The molecule has 1 aromatic heterocycles. The van der Waals surface area contributed by atoms with E-state index in [9.17, 15) is 0 Å². The maximum atomic E-state index is 5.94. The van der Waals surface area contributed by atoms with Crippen molar-refractivity contribution in [1.82, 2.24) is 19.2 Å². The highest BCUT2D eigenvalue weighted by Gasteiger charge is 2.25. The Bertz CT molecular complexity index is 866. The van der Waals surface area contributed by atoms with Crippen molar-refractivity contribution in [2.75, 3.05) is 37.7 Å². The number of ether oxygens (including phenoxy) is 1. The van der Waals surface area contributed by atoms with Crippen molar-refractivity contribution in [2.24, 2.45) is 5.92 Å². The Balaban J connectivity index is 1.51. The van der Waals surface area contributed by atoms with Crippen LogP contribution in [0.25, 0.3) is 0 Å². The number of anilines is 1. The van der Waals surface area contributed by atoms with Crippen LogP contribution in [-0.4, -0.2) is 58.1 Å². The van der Waals surface area contributed by atoms with Crippen molar-refractivity contribution in [2.45, 2.75) is 65.3 Å². The molecule has 170 valence electrons. The summed E-state index contributed by atoms with van der Waals surface area (Å²) in [7, 11) is 0. The molecule has 2 aliphatic heterocycles. The third-order valence-electron chi connectivity index (χ3n) is 6.72. The van der Waals surface area contributed by atoms with E-state index in [0.29, 0.717) is 0 Å². The molecular weight excluding hydrogens is 406 g/mol. The van der Waals surface area contributed by atoms with E-state index >= 15 is 0 Å². The van der Waals surface area contributed by atoms with E-state index in [-0.39, 0.29) is 6.10 Å². The van der Waals surface area contributed by atoms with E-state index < -0.39 is 0 Å². The average molecular weight is 444 g/mol. The van der Waals surface area contributed by atoms with Gasteiger partial charge in [-0.05, 0) is 62.3 Å². The quantitative estimate of drug-likeness (QED) is 0.539. The minimum Gasteiger partial charge on any atom is -0.376 e. The molecule has 2 saturated heterocycles. The summed E-state index contributed by atoms with van der Waals surface area (Å²) in [6.07, 6.45) is 5.99. The Hall–Kier alpha value is -1.70. The van der Waals surface area contributed by atoms with Crippen molar-refractivity contribution in [3.63, 3.8) is 0 Å². The molecule has 7 heteroatoms. The molecule has 0 N–H and O–H groups in total. The molecule has 0 radical (unpaired) electrons. The molecule has 4 rings (SSSR count). The van der Waals surface area contributed by atoms with Gasteiger partial charge in [0.25, 0.3) is 0 Å². The van der Waals surface area contributed by atoms with Gasteiger partial charge in [0.05, 0.1) is 19.3 Å². The first-order valence-electron chi connectivity index (χ1n) is 11.9. The number of likely N-dealkylation sites (N-methyl/N-ethyl adjacent to an activating group) is 1. The standard InChI is InChI=1S/C24H37N5OS/c1-3-26(14-13-21-8-5-4-6-9-21)19-29-24(31)28(18-22-10-7-17-30-22)23(25-29)27-15-11-20(2)12-16-27/h4-6,8-9,20,22H,3,7,10-19H2,1-2H3. The van der Waals surface area contributed by atoms with E-state index in [1.165, 1.54) is 18.4 Å². The van der Waals surface area contributed by atoms with Crippen LogP contribution in [0, 0.1) is 10.7 Å². The Kier molecular flexibility index (Phi) is 7.80. The number of aromatic nitrogens is 3. The first-order valence-corrected chi connectivity index (χ1v) is 12.4. The highest BCUT2D eigenvalue weighted by atomic mass is 32.1. The predicted molar refractivity (Wildman–Crippen MR) is 128 cm³/mol. The lowest BCUT2D eigenvalue weighted by Crippen LogP contribution is -2.35. The maximum absolute atomic E-state index is 5.94. The lowest BCUT2D eigenvalue weighted by molar-refractivity contribution is 0.0965. The third kappa shape index (κ3) is 5.76. The monoisotopic (exact) mass is 443 g/mol. The van der Waals surface area contributed by atoms with Crippen LogP contribution in [-0.2, 0) is 24.4 Å². The van der Waals surface area contributed by atoms with Gasteiger partial charge in [-0.1, -0.05) is 44.2 Å². The van der Waals surface area contributed by atoms with Gasteiger partial charge in [0.1, 0.15) is 0 Å². The molecule has 2 aromatic rings.